The van der Waals surface area contributed by atoms with Gasteiger partial charge in [-0.15, -0.1) is 0 Å². The van der Waals surface area contributed by atoms with E-state index < -0.39 is 0 Å². The highest BCUT2D eigenvalue weighted by molar-refractivity contribution is 4.87. The molecule has 2 aliphatic rings. The number of rotatable bonds is 4. The summed E-state index contributed by atoms with van der Waals surface area (Å²) in [5.41, 5.74) is 0. The van der Waals surface area contributed by atoms with Gasteiger partial charge < -0.3 is 10.2 Å². The van der Waals surface area contributed by atoms with Crippen molar-refractivity contribution in [1.29, 1.82) is 0 Å². The third-order valence-corrected chi connectivity index (χ3v) is 4.52. The van der Waals surface area contributed by atoms with Crippen molar-refractivity contribution in [2.75, 3.05) is 39.8 Å². The smallest absolute Gasteiger partial charge is 0.0198 e. The number of nitrogens with zero attached hydrogens (tertiary/aromatic N) is 2. The van der Waals surface area contributed by atoms with Gasteiger partial charge in [-0.3, -0.25) is 4.90 Å². The fourth-order valence-corrected chi connectivity index (χ4v) is 3.48. The molecule has 0 aromatic carbocycles. The summed E-state index contributed by atoms with van der Waals surface area (Å²) in [6.07, 6.45) is 2.70. The van der Waals surface area contributed by atoms with Crippen molar-refractivity contribution in [2.24, 2.45) is 11.8 Å². The van der Waals surface area contributed by atoms with E-state index in [2.05, 4.69) is 42.9 Å². The first-order valence-corrected chi connectivity index (χ1v) is 7.70. The first kappa shape index (κ1) is 14.3. The van der Waals surface area contributed by atoms with Gasteiger partial charge in [-0.05, 0) is 45.2 Å². The Kier molecular flexibility index (Phi) is 5.05. The first-order valence-electron chi connectivity index (χ1n) is 7.70. The monoisotopic (exact) mass is 253 g/mol. The normalized spacial score (nSPS) is 35.5. The van der Waals surface area contributed by atoms with Crippen molar-refractivity contribution in [2.45, 2.75) is 45.7 Å². The predicted octanol–water partition coefficient (Wildman–Crippen LogP) is 1.65. The van der Waals surface area contributed by atoms with Gasteiger partial charge in [0.1, 0.15) is 0 Å². The van der Waals surface area contributed by atoms with Crippen LogP contribution < -0.4 is 5.32 Å². The summed E-state index contributed by atoms with van der Waals surface area (Å²) >= 11 is 0. The molecular formula is C15H31N3. The average Bonchev–Trinajstić information content (AvgIpc) is 2.68. The molecule has 3 unspecified atom stereocenters. The average molecular weight is 253 g/mol. The highest BCUT2D eigenvalue weighted by Crippen LogP contribution is 2.19. The number of piperazine rings is 1. The number of hydrogen-bond donors (Lipinski definition) is 1. The van der Waals surface area contributed by atoms with Gasteiger partial charge in [0.25, 0.3) is 0 Å². The van der Waals surface area contributed by atoms with Crippen LogP contribution in [0.4, 0.5) is 0 Å². The summed E-state index contributed by atoms with van der Waals surface area (Å²) in [4.78, 5) is 5.20. The first-order chi connectivity index (χ1) is 8.54. The van der Waals surface area contributed by atoms with Crippen LogP contribution in [-0.2, 0) is 0 Å². The molecule has 2 aliphatic heterocycles. The van der Waals surface area contributed by atoms with Crippen LogP contribution in [0.15, 0.2) is 0 Å². The molecule has 2 saturated heterocycles. The fraction of sp³-hybridized carbons (Fsp3) is 1.00. The van der Waals surface area contributed by atoms with Crippen LogP contribution in [0.5, 0.6) is 0 Å². The van der Waals surface area contributed by atoms with Gasteiger partial charge in [-0.25, -0.2) is 0 Å². The zero-order valence-electron chi connectivity index (χ0n) is 12.7. The maximum atomic E-state index is 3.71. The summed E-state index contributed by atoms with van der Waals surface area (Å²) in [7, 11) is 2.25. The Hall–Kier alpha value is -0.120. The van der Waals surface area contributed by atoms with Crippen LogP contribution in [0.2, 0.25) is 0 Å². The SMILES string of the molecule is CC(C)CC1CN(CC2CCN(C)C2)C(C)CN1. The third-order valence-electron chi connectivity index (χ3n) is 4.52. The standard InChI is InChI=1S/C15H31N3/c1-12(2)7-15-11-18(13(3)8-16-15)10-14-5-6-17(4)9-14/h12-16H,5-11H2,1-4H3. The molecule has 106 valence electrons. The second-order valence-corrected chi connectivity index (χ2v) is 6.95. The van der Waals surface area contributed by atoms with Gasteiger partial charge in [0, 0.05) is 38.3 Å². The van der Waals surface area contributed by atoms with Crippen molar-refractivity contribution in [3.63, 3.8) is 0 Å². The van der Waals surface area contributed by atoms with Crippen molar-refractivity contribution in [1.82, 2.24) is 15.1 Å². The molecule has 2 heterocycles. The van der Waals surface area contributed by atoms with Crippen LogP contribution in [0.25, 0.3) is 0 Å². The van der Waals surface area contributed by atoms with E-state index in [1.807, 2.05) is 0 Å². The second-order valence-electron chi connectivity index (χ2n) is 6.95. The highest BCUT2D eigenvalue weighted by atomic mass is 15.2. The maximum absolute atomic E-state index is 3.71. The minimum atomic E-state index is 0.708. The van der Waals surface area contributed by atoms with Crippen LogP contribution in [-0.4, -0.2) is 61.7 Å². The van der Waals surface area contributed by atoms with E-state index in [4.69, 9.17) is 0 Å². The summed E-state index contributed by atoms with van der Waals surface area (Å²) in [6.45, 7) is 13.3. The van der Waals surface area contributed by atoms with E-state index in [1.165, 1.54) is 45.6 Å². The van der Waals surface area contributed by atoms with Gasteiger partial charge >= 0.3 is 0 Å². The molecular weight excluding hydrogens is 222 g/mol. The number of nitrogens with one attached hydrogen (secondary N) is 1. The Bertz CT molecular complexity index is 254. The highest BCUT2D eigenvalue weighted by Gasteiger charge is 2.29. The molecule has 18 heavy (non-hydrogen) atoms. The van der Waals surface area contributed by atoms with Crippen molar-refractivity contribution >= 4 is 0 Å². The third kappa shape index (κ3) is 3.94. The predicted molar refractivity (Wildman–Crippen MR) is 77.9 cm³/mol. The van der Waals surface area contributed by atoms with E-state index in [0.29, 0.717) is 12.1 Å². The molecule has 0 bridgehead atoms. The molecule has 0 radical (unpaired) electrons. The molecule has 1 N–H and O–H groups in total. The van der Waals surface area contributed by atoms with Gasteiger partial charge in [-0.1, -0.05) is 13.8 Å². The van der Waals surface area contributed by atoms with Crippen LogP contribution in [0, 0.1) is 11.8 Å². The minimum absolute atomic E-state index is 0.708. The maximum Gasteiger partial charge on any atom is 0.0198 e. The van der Waals surface area contributed by atoms with Crippen molar-refractivity contribution in [3.05, 3.63) is 0 Å². The summed E-state index contributed by atoms with van der Waals surface area (Å²) in [5.74, 6) is 1.70. The van der Waals surface area contributed by atoms with Gasteiger partial charge in [0.2, 0.25) is 0 Å². The number of hydrogen-bond acceptors (Lipinski definition) is 3. The molecule has 3 atom stereocenters. The Morgan fingerprint density at radius 1 is 1.28 bits per heavy atom. The lowest BCUT2D eigenvalue weighted by atomic mass is 9.98. The van der Waals surface area contributed by atoms with E-state index in [9.17, 15) is 0 Å². The van der Waals surface area contributed by atoms with Crippen LogP contribution in [0.3, 0.4) is 0 Å². The van der Waals surface area contributed by atoms with E-state index >= 15 is 0 Å². The molecule has 0 spiro atoms. The summed E-state index contributed by atoms with van der Waals surface area (Å²) in [5, 5.41) is 3.71. The molecule has 0 amide bonds. The largest absolute Gasteiger partial charge is 0.311 e. The minimum Gasteiger partial charge on any atom is -0.311 e. The van der Waals surface area contributed by atoms with Crippen molar-refractivity contribution in [3.8, 4) is 0 Å². The zero-order valence-corrected chi connectivity index (χ0v) is 12.7. The second kappa shape index (κ2) is 6.36. The zero-order chi connectivity index (χ0) is 13.1. The molecule has 0 saturated carbocycles. The topological polar surface area (TPSA) is 18.5 Å². The van der Waals surface area contributed by atoms with Crippen molar-refractivity contribution < 1.29 is 0 Å². The molecule has 0 aromatic rings. The van der Waals surface area contributed by atoms with Crippen LogP contribution >= 0.6 is 0 Å². The Balaban J connectivity index is 1.81. The van der Waals surface area contributed by atoms with Gasteiger partial charge in [0.15, 0.2) is 0 Å². The molecule has 3 heteroatoms. The lowest BCUT2D eigenvalue weighted by Gasteiger charge is -2.40. The quantitative estimate of drug-likeness (QED) is 0.822. The Labute approximate surface area is 113 Å². The fourth-order valence-electron chi connectivity index (χ4n) is 3.48. The van der Waals surface area contributed by atoms with Gasteiger partial charge in [-0.2, -0.15) is 0 Å². The summed E-state index contributed by atoms with van der Waals surface area (Å²) < 4.78 is 0. The Morgan fingerprint density at radius 2 is 2.06 bits per heavy atom. The molecule has 0 aliphatic carbocycles. The van der Waals surface area contributed by atoms with E-state index in [-0.39, 0.29) is 0 Å². The number of likely N-dealkylation sites (tertiary alicyclic amines) is 1. The summed E-state index contributed by atoms with van der Waals surface area (Å²) in [6, 6.07) is 1.42. The van der Waals surface area contributed by atoms with Gasteiger partial charge in [0.05, 0.1) is 0 Å². The lowest BCUT2D eigenvalue weighted by molar-refractivity contribution is 0.113. The molecule has 0 aromatic heterocycles. The molecule has 2 rings (SSSR count). The van der Waals surface area contributed by atoms with E-state index in [0.717, 1.165) is 11.8 Å². The molecule has 2 fully saturated rings. The lowest BCUT2D eigenvalue weighted by Crippen LogP contribution is -2.56. The Morgan fingerprint density at radius 3 is 2.67 bits per heavy atom. The van der Waals surface area contributed by atoms with E-state index in [1.54, 1.807) is 0 Å². The van der Waals surface area contributed by atoms with Crippen LogP contribution in [0.1, 0.15) is 33.6 Å². The molecule has 3 nitrogen and oxygen atoms in total.